The summed E-state index contributed by atoms with van der Waals surface area (Å²) in [5.74, 6) is -1.43. The summed E-state index contributed by atoms with van der Waals surface area (Å²) >= 11 is 2.94. The summed E-state index contributed by atoms with van der Waals surface area (Å²) in [6.07, 6.45) is 0. The Hall–Kier alpha value is -1.82. The van der Waals surface area contributed by atoms with Gasteiger partial charge in [0.2, 0.25) is 0 Å². The second-order valence-electron chi connectivity index (χ2n) is 3.96. The van der Waals surface area contributed by atoms with E-state index in [0.29, 0.717) is 0 Å². The van der Waals surface area contributed by atoms with Crippen molar-refractivity contribution in [2.45, 2.75) is 5.67 Å². The molecule has 0 aliphatic rings. The van der Waals surface area contributed by atoms with Crippen molar-refractivity contribution >= 4 is 21.9 Å². The predicted molar refractivity (Wildman–Crippen MR) is 74.5 cm³/mol. The van der Waals surface area contributed by atoms with Gasteiger partial charge in [0.1, 0.15) is 11.6 Å². The number of aliphatic carboxylic acids is 1. The first kappa shape index (κ1) is 17.2. The molecule has 21 heavy (non-hydrogen) atoms. The molecule has 112 valence electrons. The fraction of sp³-hybridized carbons (Fsp3) is 0.133. The van der Waals surface area contributed by atoms with Gasteiger partial charge in [-0.15, -0.1) is 0 Å². The number of rotatable bonds is 3. The number of carbonyl (C=O) groups excluding carboxylic acids is 1. The van der Waals surface area contributed by atoms with Crippen molar-refractivity contribution in [2.75, 3.05) is 5.83 Å². The number of carboxylic acids is 1. The highest BCUT2D eigenvalue weighted by atomic mass is 79.9. The molecule has 0 radical (unpaired) electrons. The van der Waals surface area contributed by atoms with Crippen LogP contribution in [0.5, 0.6) is 0 Å². The van der Waals surface area contributed by atoms with E-state index in [1.807, 2.05) is 5.83 Å². The second-order valence-corrected chi connectivity index (χ2v) is 3.96. The van der Waals surface area contributed by atoms with Gasteiger partial charge in [0.15, 0.2) is 5.67 Å². The Bertz CT molecular complexity index is 552. The molecular formula is C15H11BrF3O2-. The zero-order chi connectivity index (χ0) is 16.0. The summed E-state index contributed by atoms with van der Waals surface area (Å²) in [5, 5.41) is 11.1. The Morgan fingerprint density at radius 2 is 1.19 bits per heavy atom. The van der Waals surface area contributed by atoms with Crippen LogP contribution in [0.1, 0.15) is 11.1 Å². The van der Waals surface area contributed by atoms with E-state index in [1.54, 1.807) is 0 Å². The highest BCUT2D eigenvalue weighted by Crippen LogP contribution is 2.33. The van der Waals surface area contributed by atoms with Crippen LogP contribution in [0.2, 0.25) is 0 Å². The van der Waals surface area contributed by atoms with Gasteiger partial charge in [-0.3, -0.25) is 0 Å². The lowest BCUT2D eigenvalue weighted by Crippen LogP contribution is -2.43. The average molecular weight is 360 g/mol. The third-order valence-electron chi connectivity index (χ3n) is 2.77. The van der Waals surface area contributed by atoms with Crippen LogP contribution in [-0.4, -0.2) is 11.8 Å². The van der Waals surface area contributed by atoms with Gasteiger partial charge in [0.05, 0.1) is 5.97 Å². The first-order valence-corrected chi connectivity index (χ1v) is 7.33. The third-order valence-corrected chi connectivity index (χ3v) is 2.77. The molecule has 0 atom stereocenters. The van der Waals surface area contributed by atoms with Crippen molar-refractivity contribution in [3.05, 3.63) is 71.3 Å². The zero-order valence-electron chi connectivity index (χ0n) is 10.9. The van der Waals surface area contributed by atoms with Gasteiger partial charge in [-0.05, 0) is 41.2 Å². The maximum Gasteiger partial charge on any atom is 0.200 e. The molecule has 0 fully saturated rings. The normalized spacial score (nSPS) is 10.5. The number of hydrogen-bond acceptors (Lipinski definition) is 2. The van der Waals surface area contributed by atoms with E-state index in [2.05, 4.69) is 15.9 Å². The largest absolute Gasteiger partial charge is 0.546 e. The molecule has 0 aliphatic heterocycles. The summed E-state index contributed by atoms with van der Waals surface area (Å²) < 4.78 is 40.3. The smallest absolute Gasteiger partial charge is 0.200 e. The van der Waals surface area contributed by atoms with E-state index in [0.717, 1.165) is 48.5 Å². The third kappa shape index (κ3) is 3.64. The molecule has 2 rings (SSSR count). The first-order valence-electron chi connectivity index (χ1n) is 5.75. The van der Waals surface area contributed by atoms with Crippen molar-refractivity contribution < 1.29 is 23.1 Å². The second kappa shape index (κ2) is 7.26. The molecule has 0 saturated heterocycles. The minimum absolute atomic E-state index is 0.291. The van der Waals surface area contributed by atoms with E-state index in [1.165, 1.54) is 0 Å². The minimum atomic E-state index is -2.96. The van der Waals surface area contributed by atoms with E-state index in [9.17, 15) is 23.1 Å². The number of carbonyl (C=O) groups is 1. The number of halogens is 4. The van der Waals surface area contributed by atoms with Crippen molar-refractivity contribution in [1.29, 1.82) is 0 Å². The van der Waals surface area contributed by atoms with Gasteiger partial charge in [-0.2, -0.15) is 0 Å². The van der Waals surface area contributed by atoms with E-state index >= 15 is 0 Å². The van der Waals surface area contributed by atoms with Crippen LogP contribution < -0.4 is 5.11 Å². The van der Waals surface area contributed by atoms with Crippen LogP contribution in [0.15, 0.2) is 48.5 Å². The minimum Gasteiger partial charge on any atom is -0.546 e. The molecule has 0 N–H and O–H groups in total. The molecule has 0 amide bonds. The molecule has 2 nitrogen and oxygen atoms in total. The monoisotopic (exact) mass is 359 g/mol. The quantitative estimate of drug-likeness (QED) is 0.790. The maximum absolute atomic E-state index is 14.7. The van der Waals surface area contributed by atoms with Crippen LogP contribution in [0.3, 0.4) is 0 Å². The summed E-state index contributed by atoms with van der Waals surface area (Å²) in [7, 11) is 0. The molecule has 0 heterocycles. The van der Waals surface area contributed by atoms with Crippen molar-refractivity contribution in [1.82, 2.24) is 0 Å². The van der Waals surface area contributed by atoms with Crippen LogP contribution in [0, 0.1) is 11.6 Å². The SMILES string of the molecule is CBr.O=C([O-])C(F)(c1ccc(F)cc1)c1ccc(F)cc1. The van der Waals surface area contributed by atoms with E-state index in [4.69, 9.17) is 0 Å². The first-order chi connectivity index (χ1) is 9.94. The van der Waals surface area contributed by atoms with E-state index in [-0.39, 0.29) is 11.1 Å². The molecule has 0 saturated carbocycles. The Morgan fingerprint density at radius 3 is 1.43 bits per heavy atom. The highest BCUT2D eigenvalue weighted by molar-refractivity contribution is 9.08. The zero-order valence-corrected chi connectivity index (χ0v) is 12.5. The van der Waals surface area contributed by atoms with Crippen molar-refractivity contribution in [2.24, 2.45) is 0 Å². The molecular weight excluding hydrogens is 349 g/mol. The van der Waals surface area contributed by atoms with Crippen molar-refractivity contribution in [3.8, 4) is 0 Å². The van der Waals surface area contributed by atoms with Gasteiger partial charge >= 0.3 is 0 Å². The summed E-state index contributed by atoms with van der Waals surface area (Å²) in [6.45, 7) is 0. The fourth-order valence-corrected chi connectivity index (χ4v) is 1.76. The predicted octanol–water partition coefficient (Wildman–Crippen LogP) is 2.94. The highest BCUT2D eigenvalue weighted by Gasteiger charge is 2.36. The van der Waals surface area contributed by atoms with E-state index < -0.39 is 23.3 Å². The number of carboxylic acid groups (broad SMARTS) is 1. The van der Waals surface area contributed by atoms with Crippen molar-refractivity contribution in [3.63, 3.8) is 0 Å². The standard InChI is InChI=1S/C14H9F3O2.CH3Br/c15-11-5-1-9(2-6-11)14(17,13(18)19)10-3-7-12(16)8-4-10;1-2/h1-8H,(H,18,19);1H3/p-1. The van der Waals surface area contributed by atoms with Gasteiger partial charge in [0, 0.05) is 0 Å². The Labute approximate surface area is 128 Å². The number of alkyl halides is 2. The Kier molecular flexibility index (Phi) is 5.96. The molecule has 0 aliphatic carbocycles. The molecule has 0 unspecified atom stereocenters. The van der Waals surface area contributed by atoms with Crippen LogP contribution in [-0.2, 0) is 10.5 Å². The lowest BCUT2D eigenvalue weighted by atomic mass is 9.88. The molecule has 6 heteroatoms. The summed E-state index contributed by atoms with van der Waals surface area (Å²) in [5.41, 5.74) is -3.54. The summed E-state index contributed by atoms with van der Waals surface area (Å²) in [6, 6.07) is 7.80. The Morgan fingerprint density at radius 1 is 0.905 bits per heavy atom. The average Bonchev–Trinajstić information content (AvgIpc) is 2.49. The summed E-state index contributed by atoms with van der Waals surface area (Å²) in [4.78, 5) is 11.1. The van der Waals surface area contributed by atoms with Crippen LogP contribution in [0.25, 0.3) is 0 Å². The number of hydrogen-bond donors (Lipinski definition) is 0. The maximum atomic E-state index is 14.7. The molecule has 0 bridgehead atoms. The molecule has 2 aromatic carbocycles. The number of benzene rings is 2. The van der Waals surface area contributed by atoms with Gasteiger partial charge < -0.3 is 9.90 Å². The van der Waals surface area contributed by atoms with Crippen LogP contribution >= 0.6 is 15.9 Å². The lowest BCUT2D eigenvalue weighted by Gasteiger charge is -2.27. The van der Waals surface area contributed by atoms with Crippen LogP contribution in [0.4, 0.5) is 13.2 Å². The molecule has 0 spiro atoms. The fourth-order valence-electron chi connectivity index (χ4n) is 1.76. The lowest BCUT2D eigenvalue weighted by molar-refractivity contribution is -0.318. The van der Waals surface area contributed by atoms with Gasteiger partial charge in [-0.25, -0.2) is 13.2 Å². The molecule has 0 aromatic heterocycles. The molecule has 2 aromatic rings. The Balaban J connectivity index is 0.00000106. The van der Waals surface area contributed by atoms with Gasteiger partial charge in [0.25, 0.3) is 0 Å². The topological polar surface area (TPSA) is 40.1 Å². The van der Waals surface area contributed by atoms with Gasteiger partial charge in [-0.1, -0.05) is 40.2 Å².